The molecule has 0 saturated carbocycles. The van der Waals surface area contributed by atoms with Crippen molar-refractivity contribution in [2.24, 2.45) is 0 Å². The summed E-state index contributed by atoms with van der Waals surface area (Å²) in [6.07, 6.45) is 0. The smallest absolute Gasteiger partial charge is 0.342 e. The summed E-state index contributed by atoms with van der Waals surface area (Å²) in [5.74, 6) is -4.00. The van der Waals surface area contributed by atoms with Crippen LogP contribution in [0.5, 0.6) is 0 Å². The summed E-state index contributed by atoms with van der Waals surface area (Å²) in [5.41, 5.74) is 4.20. The highest BCUT2D eigenvalue weighted by Crippen LogP contribution is 2.32. The van der Waals surface area contributed by atoms with Crippen LogP contribution in [-0.2, 0) is 0 Å². The standard InChI is InChI=1S/C19H13FN2O5/c20-12-6-2-4-10(8-12)9-3-1-5-11(7-9)13-14(18(24)25)16(21)22-17(23)15(13)19(26)27/h1-8H,(H,24,25)(H,26,27)(H3,21,22,23). The zero-order valence-corrected chi connectivity index (χ0v) is 13.7. The number of rotatable bonds is 4. The molecule has 0 aliphatic heterocycles. The minimum atomic E-state index is -1.59. The first-order chi connectivity index (χ1) is 12.8. The van der Waals surface area contributed by atoms with Crippen molar-refractivity contribution in [1.82, 2.24) is 4.98 Å². The van der Waals surface area contributed by atoms with Crippen molar-refractivity contribution in [3.63, 3.8) is 0 Å². The molecule has 0 fully saturated rings. The Balaban J connectivity index is 2.34. The monoisotopic (exact) mass is 368 g/mol. The van der Waals surface area contributed by atoms with Crippen molar-refractivity contribution < 1.29 is 24.2 Å². The number of carboxylic acids is 2. The van der Waals surface area contributed by atoms with E-state index in [0.29, 0.717) is 11.1 Å². The van der Waals surface area contributed by atoms with Gasteiger partial charge in [-0.1, -0.05) is 30.3 Å². The predicted molar refractivity (Wildman–Crippen MR) is 96.2 cm³/mol. The average Bonchev–Trinajstić information content (AvgIpc) is 2.60. The number of benzene rings is 2. The van der Waals surface area contributed by atoms with Gasteiger partial charge in [0.15, 0.2) is 0 Å². The van der Waals surface area contributed by atoms with Gasteiger partial charge in [0, 0.05) is 5.56 Å². The molecule has 3 aromatic rings. The van der Waals surface area contributed by atoms with Gasteiger partial charge < -0.3 is 20.9 Å². The molecule has 1 heterocycles. The summed E-state index contributed by atoms with van der Waals surface area (Å²) in [6.45, 7) is 0. The number of carboxylic acid groups (broad SMARTS) is 2. The molecule has 0 aliphatic carbocycles. The van der Waals surface area contributed by atoms with E-state index in [0.717, 1.165) is 0 Å². The molecular formula is C19H13FN2O5. The summed E-state index contributed by atoms with van der Waals surface area (Å²) < 4.78 is 13.5. The van der Waals surface area contributed by atoms with Crippen molar-refractivity contribution in [2.75, 3.05) is 5.73 Å². The molecule has 0 spiro atoms. The highest BCUT2D eigenvalue weighted by molar-refractivity contribution is 6.07. The maximum absolute atomic E-state index is 13.5. The lowest BCUT2D eigenvalue weighted by Gasteiger charge is -2.13. The number of aromatic nitrogens is 1. The van der Waals surface area contributed by atoms with Gasteiger partial charge in [0.05, 0.1) is 0 Å². The van der Waals surface area contributed by atoms with Crippen LogP contribution in [-0.4, -0.2) is 27.1 Å². The van der Waals surface area contributed by atoms with E-state index in [1.165, 1.54) is 30.3 Å². The maximum atomic E-state index is 13.5. The van der Waals surface area contributed by atoms with E-state index >= 15 is 0 Å². The van der Waals surface area contributed by atoms with Gasteiger partial charge in [-0.15, -0.1) is 0 Å². The van der Waals surface area contributed by atoms with Crippen LogP contribution >= 0.6 is 0 Å². The average molecular weight is 368 g/mol. The van der Waals surface area contributed by atoms with Crippen LogP contribution in [0.3, 0.4) is 0 Å². The Hall–Kier alpha value is -3.94. The molecule has 5 N–H and O–H groups in total. The number of H-pyrrole nitrogens is 1. The summed E-state index contributed by atoms with van der Waals surface area (Å²) >= 11 is 0. The molecule has 136 valence electrons. The van der Waals surface area contributed by atoms with E-state index in [1.54, 1.807) is 18.2 Å². The van der Waals surface area contributed by atoms with Crippen molar-refractivity contribution in [3.05, 3.63) is 75.8 Å². The van der Waals surface area contributed by atoms with E-state index in [1.807, 2.05) is 4.98 Å². The lowest BCUT2D eigenvalue weighted by atomic mass is 9.93. The van der Waals surface area contributed by atoms with Crippen LogP contribution in [0.2, 0.25) is 0 Å². The molecule has 2 aromatic carbocycles. The molecule has 0 radical (unpaired) electrons. The van der Waals surface area contributed by atoms with E-state index in [4.69, 9.17) is 5.73 Å². The second-order valence-corrected chi connectivity index (χ2v) is 5.69. The Morgan fingerprint density at radius 2 is 1.44 bits per heavy atom. The first-order valence-corrected chi connectivity index (χ1v) is 7.68. The highest BCUT2D eigenvalue weighted by Gasteiger charge is 2.26. The number of nitrogens with one attached hydrogen (secondary N) is 1. The van der Waals surface area contributed by atoms with Crippen LogP contribution in [0.1, 0.15) is 20.7 Å². The molecule has 8 heteroatoms. The van der Waals surface area contributed by atoms with Gasteiger partial charge in [0.25, 0.3) is 5.56 Å². The van der Waals surface area contributed by atoms with E-state index < -0.39 is 40.3 Å². The topological polar surface area (TPSA) is 133 Å². The van der Waals surface area contributed by atoms with Crippen molar-refractivity contribution in [2.45, 2.75) is 0 Å². The largest absolute Gasteiger partial charge is 0.478 e. The number of pyridine rings is 1. The fourth-order valence-corrected chi connectivity index (χ4v) is 2.86. The molecule has 1 aromatic heterocycles. The number of carbonyl (C=O) groups is 2. The summed E-state index contributed by atoms with van der Waals surface area (Å²) in [7, 11) is 0. The number of hydrogen-bond acceptors (Lipinski definition) is 4. The quantitative estimate of drug-likeness (QED) is 0.559. The number of nitrogens with two attached hydrogens (primary N) is 1. The third-order valence-corrected chi connectivity index (χ3v) is 3.98. The molecule has 0 bridgehead atoms. The number of aromatic carboxylic acids is 2. The predicted octanol–water partition coefficient (Wildman–Crippen LogP) is 2.83. The molecular weight excluding hydrogens is 355 g/mol. The Kier molecular flexibility index (Phi) is 4.47. The fourth-order valence-electron chi connectivity index (χ4n) is 2.86. The summed E-state index contributed by atoms with van der Waals surface area (Å²) in [4.78, 5) is 37.4. The zero-order chi connectivity index (χ0) is 19.7. The van der Waals surface area contributed by atoms with Crippen molar-refractivity contribution >= 4 is 17.8 Å². The third-order valence-electron chi connectivity index (χ3n) is 3.98. The fraction of sp³-hybridized carbons (Fsp3) is 0. The molecule has 0 atom stereocenters. The molecule has 0 unspecified atom stereocenters. The molecule has 0 saturated heterocycles. The number of anilines is 1. The highest BCUT2D eigenvalue weighted by atomic mass is 19.1. The molecule has 3 rings (SSSR count). The number of aromatic amines is 1. The van der Waals surface area contributed by atoms with E-state index in [2.05, 4.69) is 0 Å². The number of nitrogen functional groups attached to an aromatic ring is 1. The minimum Gasteiger partial charge on any atom is -0.478 e. The number of halogens is 1. The molecule has 0 aliphatic rings. The van der Waals surface area contributed by atoms with Gasteiger partial charge in [-0.2, -0.15) is 0 Å². The first kappa shape index (κ1) is 17.9. The second kappa shape index (κ2) is 6.75. The lowest BCUT2D eigenvalue weighted by molar-refractivity contribution is 0.0695. The number of hydrogen-bond donors (Lipinski definition) is 4. The van der Waals surface area contributed by atoms with Crippen molar-refractivity contribution in [3.8, 4) is 22.3 Å². The van der Waals surface area contributed by atoms with Gasteiger partial charge in [-0.3, -0.25) is 4.79 Å². The van der Waals surface area contributed by atoms with E-state index in [-0.39, 0.29) is 11.1 Å². The summed E-state index contributed by atoms with van der Waals surface area (Å²) in [6, 6.07) is 11.8. The SMILES string of the molecule is Nc1[nH]c(=O)c(C(=O)O)c(-c2cccc(-c3cccc(F)c3)c2)c1C(=O)O. The Morgan fingerprint density at radius 3 is 2.04 bits per heavy atom. The molecule has 0 amide bonds. The molecule has 27 heavy (non-hydrogen) atoms. The maximum Gasteiger partial charge on any atom is 0.342 e. The van der Waals surface area contributed by atoms with Crippen LogP contribution < -0.4 is 11.3 Å². The van der Waals surface area contributed by atoms with Crippen LogP contribution in [0.25, 0.3) is 22.3 Å². The zero-order valence-electron chi connectivity index (χ0n) is 13.7. The Morgan fingerprint density at radius 1 is 0.889 bits per heavy atom. The Labute approximate surface area is 151 Å². The van der Waals surface area contributed by atoms with Crippen LogP contribution in [0.15, 0.2) is 53.3 Å². The minimum absolute atomic E-state index is 0.157. The normalized spacial score (nSPS) is 10.6. The van der Waals surface area contributed by atoms with Gasteiger partial charge in [0.2, 0.25) is 0 Å². The van der Waals surface area contributed by atoms with Crippen LogP contribution in [0.4, 0.5) is 10.2 Å². The third kappa shape index (κ3) is 3.28. The van der Waals surface area contributed by atoms with Crippen molar-refractivity contribution in [1.29, 1.82) is 0 Å². The summed E-state index contributed by atoms with van der Waals surface area (Å²) in [5, 5.41) is 18.9. The molecule has 7 nitrogen and oxygen atoms in total. The first-order valence-electron chi connectivity index (χ1n) is 7.68. The lowest BCUT2D eigenvalue weighted by Crippen LogP contribution is -2.24. The van der Waals surface area contributed by atoms with Gasteiger partial charge in [0.1, 0.15) is 22.8 Å². The van der Waals surface area contributed by atoms with Gasteiger partial charge in [-0.05, 0) is 34.9 Å². The van der Waals surface area contributed by atoms with Crippen LogP contribution in [0, 0.1) is 5.82 Å². The van der Waals surface area contributed by atoms with Gasteiger partial charge in [-0.25, -0.2) is 14.0 Å². The van der Waals surface area contributed by atoms with E-state index in [9.17, 15) is 29.0 Å². The second-order valence-electron chi connectivity index (χ2n) is 5.69. The van der Waals surface area contributed by atoms with Gasteiger partial charge >= 0.3 is 11.9 Å². The Bertz CT molecular complexity index is 1140.